The lowest BCUT2D eigenvalue weighted by Gasteiger charge is -2.57. The van der Waals surface area contributed by atoms with E-state index in [-0.39, 0.29) is 80.4 Å². The molecule has 7 aliphatic rings. The number of para-hydroxylation sites is 1. The number of sulfonamides is 1. The molecule has 25 heteroatoms. The number of carbonyl (C=O) groups is 6. The van der Waals surface area contributed by atoms with Crippen LogP contribution in [-0.4, -0.2) is 123 Å². The average molecular weight is 1230 g/mol. The van der Waals surface area contributed by atoms with E-state index in [4.69, 9.17) is 14.5 Å². The lowest BCUT2D eigenvalue weighted by molar-refractivity contribution is -0.136. The molecule has 3 aliphatic heterocycles. The number of fused-ring (bicyclic) bond motifs is 3. The number of ether oxygens (including phenoxy) is 2. The third-order valence-corrected chi connectivity index (χ3v) is 20.4. The van der Waals surface area contributed by atoms with E-state index in [1.54, 1.807) is 36.5 Å². The van der Waals surface area contributed by atoms with E-state index in [1.165, 1.54) is 41.3 Å². The molecule has 7 aromatic rings. The van der Waals surface area contributed by atoms with Crippen molar-refractivity contribution in [1.29, 1.82) is 5.26 Å². The molecule has 4 aliphatic carbocycles. The van der Waals surface area contributed by atoms with E-state index >= 15 is 0 Å². The first kappa shape index (κ1) is 58.3. The van der Waals surface area contributed by atoms with E-state index in [0.717, 1.165) is 51.2 Å². The monoisotopic (exact) mass is 1230 g/mol. The Balaban J connectivity index is 0.638. The lowest BCUT2D eigenvalue weighted by Crippen LogP contribution is -2.54. The number of carbonyl (C=O) groups excluding carboxylic acids is 6. The summed E-state index contributed by atoms with van der Waals surface area (Å²) in [5.41, 5.74) is 6.65. The molecule has 7 heterocycles. The van der Waals surface area contributed by atoms with Crippen molar-refractivity contribution >= 4 is 83.7 Å². The molecule has 5 fully saturated rings. The number of hydrogen-bond acceptors (Lipinski definition) is 18. The Kier molecular flexibility index (Phi) is 16.0. The van der Waals surface area contributed by atoms with Gasteiger partial charge in [-0.25, -0.2) is 23.1 Å². The van der Waals surface area contributed by atoms with Crippen LogP contribution in [0.4, 0.5) is 16.6 Å². The average Bonchev–Trinajstić information content (AvgIpc) is 1.36. The summed E-state index contributed by atoms with van der Waals surface area (Å²) >= 11 is 1.39. The van der Waals surface area contributed by atoms with E-state index in [1.807, 2.05) is 54.3 Å². The predicted octanol–water partition coefficient (Wildman–Crippen LogP) is 7.16. The van der Waals surface area contributed by atoms with Gasteiger partial charge in [-0.1, -0.05) is 46.9 Å². The molecule has 0 radical (unpaired) electrons. The van der Waals surface area contributed by atoms with Gasteiger partial charge in [0.05, 0.1) is 59.7 Å². The maximum atomic E-state index is 14.7. The van der Waals surface area contributed by atoms with Crippen molar-refractivity contribution in [2.45, 2.75) is 103 Å². The molecule has 88 heavy (non-hydrogen) atoms. The number of aromatic nitrogens is 6. The van der Waals surface area contributed by atoms with Gasteiger partial charge in [0.2, 0.25) is 21.8 Å². The zero-order chi connectivity index (χ0) is 60.8. The second-order valence-corrected chi connectivity index (χ2v) is 27.0. The quantitative estimate of drug-likeness (QED) is 0.0386. The summed E-state index contributed by atoms with van der Waals surface area (Å²) in [5.74, 6) is -1.40. The van der Waals surface area contributed by atoms with Crippen molar-refractivity contribution in [3.63, 3.8) is 0 Å². The lowest BCUT2D eigenvalue weighted by atomic mass is 9.49. The maximum absolute atomic E-state index is 14.7. The summed E-state index contributed by atoms with van der Waals surface area (Å²) in [6, 6.07) is 24.9. The van der Waals surface area contributed by atoms with Crippen molar-refractivity contribution in [2.75, 3.05) is 54.2 Å². The molecule has 1 saturated heterocycles. The van der Waals surface area contributed by atoms with Crippen molar-refractivity contribution < 1.29 is 46.7 Å². The number of hydrogen-bond donors (Lipinski definition) is 4. The second kappa shape index (κ2) is 24.1. The zero-order valence-corrected chi connectivity index (χ0v) is 50.1. The number of rotatable bonds is 22. The van der Waals surface area contributed by atoms with Crippen LogP contribution in [-0.2, 0) is 61.7 Å². The van der Waals surface area contributed by atoms with Crippen LogP contribution < -0.4 is 25.6 Å². The van der Waals surface area contributed by atoms with Crippen LogP contribution in [0.3, 0.4) is 0 Å². The number of nitriles is 1. The molecule has 14 rings (SSSR count). The van der Waals surface area contributed by atoms with Crippen LogP contribution >= 0.6 is 11.3 Å². The van der Waals surface area contributed by atoms with Crippen molar-refractivity contribution in [3.8, 4) is 17.2 Å². The summed E-state index contributed by atoms with van der Waals surface area (Å²) in [4.78, 5) is 91.9. The van der Waals surface area contributed by atoms with Crippen LogP contribution in [0.15, 0.2) is 85.1 Å². The second-order valence-electron chi connectivity index (χ2n) is 24.1. The summed E-state index contributed by atoms with van der Waals surface area (Å²) in [5, 5.41) is 27.8. The zero-order valence-electron chi connectivity index (χ0n) is 48.5. The molecule has 4 aromatic heterocycles. The molecule has 3 aromatic carbocycles. The number of imide groups is 2. The van der Waals surface area contributed by atoms with Crippen molar-refractivity contribution in [3.05, 3.63) is 136 Å². The fourth-order valence-corrected chi connectivity index (χ4v) is 16.5. The first-order valence-electron chi connectivity index (χ1n) is 29.9. The van der Waals surface area contributed by atoms with Crippen LogP contribution in [0.5, 0.6) is 0 Å². The van der Waals surface area contributed by atoms with Gasteiger partial charge in [-0.15, -0.1) is 5.10 Å². The highest BCUT2D eigenvalue weighted by atomic mass is 32.2. The van der Waals surface area contributed by atoms with E-state index in [9.17, 15) is 42.4 Å². The summed E-state index contributed by atoms with van der Waals surface area (Å²) in [6.45, 7) is 4.71. The molecule has 4 N–H and O–H groups in total. The summed E-state index contributed by atoms with van der Waals surface area (Å²) in [6.07, 6.45) is 9.69. The summed E-state index contributed by atoms with van der Waals surface area (Å²) in [7, 11) is -4.24. The smallest absolute Gasteiger partial charge is 0.284 e. The van der Waals surface area contributed by atoms with Gasteiger partial charge in [0.25, 0.3) is 23.6 Å². The third kappa shape index (κ3) is 11.8. The van der Waals surface area contributed by atoms with Crippen molar-refractivity contribution in [1.82, 2.24) is 44.5 Å². The molecular weight excluding hydrogens is 1160 g/mol. The van der Waals surface area contributed by atoms with Gasteiger partial charge in [0.15, 0.2) is 5.13 Å². The maximum Gasteiger partial charge on any atom is 0.284 e. The number of pyridine rings is 1. The fraction of sp³-hybridized carbons (Fsp3) is 0.413. The van der Waals surface area contributed by atoms with Gasteiger partial charge in [-0.2, -0.15) is 5.26 Å². The molecule has 454 valence electrons. The highest BCUT2D eigenvalue weighted by molar-refractivity contribution is 7.90. The van der Waals surface area contributed by atoms with Gasteiger partial charge in [0.1, 0.15) is 35.0 Å². The number of aryl methyl sites for hydroxylation is 1. The highest BCUT2D eigenvalue weighted by Gasteiger charge is 2.51. The molecule has 23 nitrogen and oxygen atoms in total. The normalized spacial score (nSPS) is 21.1. The standard InChI is InChI=1S/C63H65N13O10S2/c1-37-47(28-43(32-64)75(37)36-63-29-38-25-39(30-63)27-40(26-38)31-63)44-13-15-53(73-20-17-41-7-4-8-45(48(41)34-73)57(78)69-62-66-49-10-2-3-12-52(49)87-62)67-56(44)59(80)71-88(83,84)24-6-19-74-33-42(70-72-74)35-86-23-22-85-21-18-65-50-11-5-9-46-55(50)61(82)76(60(46)81)51-14-16-54(77)68-58(51)79/h2-5,7-13,15,28,33,38-40,51,65H,6,14,16-27,29-31,34-36H2,1H3,(H,71,80)(H,66,69,78)(H,68,77,79). The Morgan fingerprint density at radius 1 is 0.864 bits per heavy atom. The number of anilines is 3. The SMILES string of the molecule is Cc1c(-c2ccc(N3CCc4cccc(C(=O)Nc5nc6ccccc6s5)c4C3)nc2C(=O)NS(=O)(=O)CCCn2cc(COCCOCCNc3cccc4c3C(=O)N(C3CCC(=O)NC3=O)C4=O)nn2)cc(C#N)n1CC12CC3CC(CC(C3)C1)C2. The van der Waals surface area contributed by atoms with Crippen LogP contribution in [0.25, 0.3) is 21.3 Å². The molecule has 4 saturated carbocycles. The minimum atomic E-state index is -4.24. The first-order chi connectivity index (χ1) is 42.6. The minimum absolute atomic E-state index is 0.0250. The predicted molar refractivity (Wildman–Crippen MR) is 324 cm³/mol. The Hall–Kier alpha value is -8.70. The minimum Gasteiger partial charge on any atom is -0.382 e. The van der Waals surface area contributed by atoms with Crippen LogP contribution in [0.2, 0.25) is 0 Å². The van der Waals surface area contributed by atoms with Gasteiger partial charge in [-0.3, -0.25) is 49.0 Å². The molecule has 1 unspecified atom stereocenters. The van der Waals surface area contributed by atoms with Gasteiger partial charge < -0.3 is 24.3 Å². The molecule has 1 atom stereocenters. The number of nitrogens with zero attached hydrogens (tertiary/aromatic N) is 9. The van der Waals surface area contributed by atoms with E-state index < -0.39 is 51.4 Å². The van der Waals surface area contributed by atoms with Gasteiger partial charge in [0, 0.05) is 67.2 Å². The molecular formula is C63H65N13O10S2. The van der Waals surface area contributed by atoms with E-state index in [2.05, 4.69) is 46.6 Å². The number of thiazole rings is 1. The summed E-state index contributed by atoms with van der Waals surface area (Å²) < 4.78 is 46.1. The fourth-order valence-electron chi connectivity index (χ4n) is 14.6. The first-order valence-corrected chi connectivity index (χ1v) is 32.4. The van der Waals surface area contributed by atoms with Crippen molar-refractivity contribution in [2.24, 2.45) is 23.2 Å². The Morgan fingerprint density at radius 3 is 2.43 bits per heavy atom. The number of benzene rings is 3. The number of nitrogens with one attached hydrogen (secondary N) is 4. The largest absolute Gasteiger partial charge is 0.382 e. The number of amides is 6. The van der Waals surface area contributed by atoms with Crippen LogP contribution in [0.1, 0.15) is 128 Å². The molecule has 4 bridgehead atoms. The molecule has 0 spiro atoms. The topological polar surface area (TPSA) is 295 Å². The number of piperidine rings is 1. The molecule has 6 amide bonds. The van der Waals surface area contributed by atoms with Crippen LogP contribution in [0, 0.1) is 41.4 Å². The third-order valence-electron chi connectivity index (χ3n) is 18.2. The van der Waals surface area contributed by atoms with Gasteiger partial charge >= 0.3 is 0 Å². The Bertz CT molecular complexity index is 4060. The Labute approximate surface area is 511 Å². The Morgan fingerprint density at radius 2 is 1.65 bits per heavy atom. The highest BCUT2D eigenvalue weighted by Crippen LogP contribution is 2.61. The van der Waals surface area contributed by atoms with E-state index in [0.29, 0.717) is 95.1 Å². The van der Waals surface area contributed by atoms with Gasteiger partial charge in [-0.05, 0) is 148 Å².